The van der Waals surface area contributed by atoms with Crippen molar-refractivity contribution in [1.82, 2.24) is 10.3 Å². The zero-order chi connectivity index (χ0) is 14.2. The monoisotopic (exact) mass is 336 g/mol. The Morgan fingerprint density at radius 3 is 2.70 bits per heavy atom. The van der Waals surface area contributed by atoms with Gasteiger partial charge in [0.1, 0.15) is 18.5 Å². The summed E-state index contributed by atoms with van der Waals surface area (Å²) in [6.45, 7) is 1.36. The topological polar surface area (TPSA) is 54.4 Å². The lowest BCUT2D eigenvalue weighted by atomic mass is 10.3. The van der Waals surface area contributed by atoms with Gasteiger partial charge in [0.2, 0.25) is 0 Å². The standard InChI is InChI=1S/C15H17BrN2O2/c16-12-4-6-15(7-5-12)20-11-14(19)10-17-9-13-3-1-2-8-18-13/h1-8,14,17,19H,9-11H2. The Hall–Kier alpha value is -1.43. The summed E-state index contributed by atoms with van der Waals surface area (Å²) < 4.78 is 6.50. The first-order chi connectivity index (χ1) is 9.74. The summed E-state index contributed by atoms with van der Waals surface area (Å²) >= 11 is 3.36. The van der Waals surface area contributed by atoms with Crippen molar-refractivity contribution in [3.63, 3.8) is 0 Å². The Balaban J connectivity index is 1.65. The van der Waals surface area contributed by atoms with E-state index in [1.165, 1.54) is 0 Å². The number of rotatable bonds is 7. The average Bonchev–Trinajstić information content (AvgIpc) is 2.48. The molecule has 0 aliphatic carbocycles. The molecule has 4 nitrogen and oxygen atoms in total. The molecular weight excluding hydrogens is 320 g/mol. The minimum Gasteiger partial charge on any atom is -0.491 e. The lowest BCUT2D eigenvalue weighted by molar-refractivity contribution is 0.106. The minimum atomic E-state index is -0.553. The molecule has 0 saturated carbocycles. The van der Waals surface area contributed by atoms with Crippen molar-refractivity contribution < 1.29 is 9.84 Å². The van der Waals surface area contributed by atoms with Gasteiger partial charge >= 0.3 is 0 Å². The Labute approximate surface area is 126 Å². The molecule has 1 aromatic carbocycles. The van der Waals surface area contributed by atoms with Crippen LogP contribution in [0.15, 0.2) is 53.1 Å². The molecule has 1 heterocycles. The van der Waals surface area contributed by atoms with Crippen LogP contribution >= 0.6 is 15.9 Å². The predicted molar refractivity (Wildman–Crippen MR) is 81.6 cm³/mol. The Morgan fingerprint density at radius 2 is 2.00 bits per heavy atom. The molecule has 2 N–H and O–H groups in total. The number of aliphatic hydroxyl groups excluding tert-OH is 1. The molecule has 0 saturated heterocycles. The van der Waals surface area contributed by atoms with Gasteiger partial charge in [-0.1, -0.05) is 22.0 Å². The quantitative estimate of drug-likeness (QED) is 0.815. The van der Waals surface area contributed by atoms with Crippen molar-refractivity contribution in [3.8, 4) is 5.75 Å². The summed E-state index contributed by atoms with van der Waals surface area (Å²) in [6.07, 6.45) is 1.20. The molecule has 106 valence electrons. The zero-order valence-electron chi connectivity index (χ0n) is 11.0. The van der Waals surface area contributed by atoms with Crippen LogP contribution in [0.4, 0.5) is 0 Å². The van der Waals surface area contributed by atoms with Crippen LogP contribution in [0.3, 0.4) is 0 Å². The van der Waals surface area contributed by atoms with Crippen LogP contribution in [0, 0.1) is 0 Å². The molecule has 1 unspecified atom stereocenters. The van der Waals surface area contributed by atoms with E-state index in [9.17, 15) is 5.11 Å². The Kier molecular flexibility index (Phi) is 5.98. The van der Waals surface area contributed by atoms with E-state index in [-0.39, 0.29) is 6.61 Å². The summed E-state index contributed by atoms with van der Waals surface area (Å²) in [5.41, 5.74) is 0.952. The number of nitrogens with one attached hydrogen (secondary N) is 1. The molecule has 2 aromatic rings. The lowest BCUT2D eigenvalue weighted by Gasteiger charge is -2.13. The van der Waals surface area contributed by atoms with Crippen LogP contribution in [0.2, 0.25) is 0 Å². The van der Waals surface area contributed by atoms with Crippen LogP contribution in [-0.2, 0) is 6.54 Å². The molecular formula is C15H17BrN2O2. The second-order valence-corrected chi connectivity index (χ2v) is 5.29. The third-order valence-corrected chi connectivity index (χ3v) is 3.20. The fraction of sp³-hybridized carbons (Fsp3) is 0.267. The highest BCUT2D eigenvalue weighted by molar-refractivity contribution is 9.10. The highest BCUT2D eigenvalue weighted by Gasteiger charge is 2.05. The fourth-order valence-electron chi connectivity index (χ4n) is 1.65. The first-order valence-electron chi connectivity index (χ1n) is 6.41. The van der Waals surface area contributed by atoms with Crippen LogP contribution in [0.25, 0.3) is 0 Å². The summed E-state index contributed by atoms with van der Waals surface area (Å²) in [5, 5.41) is 13.0. The first kappa shape index (κ1) is 15.0. The molecule has 1 aromatic heterocycles. The van der Waals surface area contributed by atoms with Crippen LogP contribution in [0.5, 0.6) is 5.75 Å². The van der Waals surface area contributed by atoms with Gasteiger partial charge in [-0.15, -0.1) is 0 Å². The first-order valence-corrected chi connectivity index (χ1v) is 7.20. The Morgan fingerprint density at radius 1 is 1.20 bits per heavy atom. The third kappa shape index (κ3) is 5.28. The van der Waals surface area contributed by atoms with E-state index in [4.69, 9.17) is 4.74 Å². The van der Waals surface area contributed by atoms with Crippen LogP contribution in [-0.4, -0.2) is 29.3 Å². The van der Waals surface area contributed by atoms with E-state index in [2.05, 4.69) is 26.2 Å². The van der Waals surface area contributed by atoms with E-state index in [0.29, 0.717) is 13.1 Å². The molecule has 0 fully saturated rings. The highest BCUT2D eigenvalue weighted by Crippen LogP contribution is 2.16. The number of benzene rings is 1. The van der Waals surface area contributed by atoms with Gasteiger partial charge < -0.3 is 15.2 Å². The molecule has 2 rings (SSSR count). The average molecular weight is 337 g/mol. The molecule has 1 atom stereocenters. The van der Waals surface area contributed by atoms with Crippen molar-refractivity contribution in [3.05, 3.63) is 58.8 Å². The van der Waals surface area contributed by atoms with Gasteiger partial charge in [-0.25, -0.2) is 0 Å². The van der Waals surface area contributed by atoms with Gasteiger partial charge in [0.15, 0.2) is 0 Å². The van der Waals surface area contributed by atoms with Gasteiger partial charge in [0.05, 0.1) is 5.69 Å². The van der Waals surface area contributed by atoms with Gasteiger partial charge in [-0.3, -0.25) is 4.98 Å². The van der Waals surface area contributed by atoms with Crippen molar-refractivity contribution in [2.45, 2.75) is 12.6 Å². The van der Waals surface area contributed by atoms with Gasteiger partial charge in [-0.05, 0) is 36.4 Å². The maximum absolute atomic E-state index is 9.83. The summed E-state index contributed by atoms with van der Waals surface area (Å²) in [7, 11) is 0. The molecule has 20 heavy (non-hydrogen) atoms. The number of aromatic nitrogens is 1. The van der Waals surface area contributed by atoms with E-state index in [0.717, 1.165) is 15.9 Å². The molecule has 0 spiro atoms. The molecule has 0 aliphatic rings. The lowest BCUT2D eigenvalue weighted by Crippen LogP contribution is -2.31. The maximum Gasteiger partial charge on any atom is 0.119 e. The van der Waals surface area contributed by atoms with E-state index in [1.54, 1.807) is 6.20 Å². The molecule has 0 amide bonds. The normalized spacial score (nSPS) is 12.1. The SMILES string of the molecule is OC(CNCc1ccccn1)COc1ccc(Br)cc1. The van der Waals surface area contributed by atoms with Crippen LogP contribution in [0.1, 0.15) is 5.69 Å². The number of halogens is 1. The van der Waals surface area contributed by atoms with Crippen molar-refractivity contribution in [1.29, 1.82) is 0 Å². The summed E-state index contributed by atoms with van der Waals surface area (Å²) in [6, 6.07) is 13.3. The number of pyridine rings is 1. The summed E-state index contributed by atoms with van der Waals surface area (Å²) in [4.78, 5) is 4.20. The molecule has 0 bridgehead atoms. The van der Waals surface area contributed by atoms with E-state index >= 15 is 0 Å². The number of hydrogen-bond donors (Lipinski definition) is 2. The number of ether oxygens (including phenoxy) is 1. The number of nitrogens with zero attached hydrogens (tertiary/aromatic N) is 1. The number of hydrogen-bond acceptors (Lipinski definition) is 4. The summed E-state index contributed by atoms with van der Waals surface area (Å²) in [5.74, 6) is 0.747. The van der Waals surface area contributed by atoms with Gasteiger partial charge in [-0.2, -0.15) is 0 Å². The predicted octanol–water partition coefficient (Wildman–Crippen LogP) is 2.37. The van der Waals surface area contributed by atoms with Gasteiger partial charge in [0, 0.05) is 23.8 Å². The number of aliphatic hydroxyl groups is 1. The third-order valence-electron chi connectivity index (χ3n) is 2.67. The molecule has 0 radical (unpaired) electrons. The minimum absolute atomic E-state index is 0.261. The molecule has 5 heteroatoms. The highest BCUT2D eigenvalue weighted by atomic mass is 79.9. The van der Waals surface area contributed by atoms with Crippen molar-refractivity contribution in [2.75, 3.05) is 13.2 Å². The second kappa shape index (κ2) is 7.99. The van der Waals surface area contributed by atoms with Crippen LogP contribution < -0.4 is 10.1 Å². The largest absolute Gasteiger partial charge is 0.491 e. The second-order valence-electron chi connectivity index (χ2n) is 4.37. The smallest absolute Gasteiger partial charge is 0.119 e. The van der Waals surface area contributed by atoms with Gasteiger partial charge in [0.25, 0.3) is 0 Å². The molecule has 0 aliphatic heterocycles. The van der Waals surface area contributed by atoms with E-state index in [1.807, 2.05) is 42.5 Å². The Bertz CT molecular complexity index is 505. The zero-order valence-corrected chi connectivity index (χ0v) is 12.6. The van der Waals surface area contributed by atoms with Crippen molar-refractivity contribution in [2.24, 2.45) is 0 Å². The van der Waals surface area contributed by atoms with E-state index < -0.39 is 6.10 Å². The fourth-order valence-corrected chi connectivity index (χ4v) is 1.92. The maximum atomic E-state index is 9.83. The van der Waals surface area contributed by atoms with Crippen molar-refractivity contribution >= 4 is 15.9 Å².